The van der Waals surface area contributed by atoms with E-state index in [0.717, 1.165) is 132 Å². The molecule has 2 N–H and O–H groups in total. The quantitative estimate of drug-likeness (QED) is 0.265. The van der Waals surface area contributed by atoms with Gasteiger partial charge in [-0.25, -0.2) is 13.4 Å². The van der Waals surface area contributed by atoms with Crippen LogP contribution in [0.25, 0.3) is 0 Å². The highest BCUT2D eigenvalue weighted by Crippen LogP contribution is 2.58. The number of carbonyl (C=O) groups is 4. The number of piperazine rings is 1. The van der Waals surface area contributed by atoms with Gasteiger partial charge in [0.1, 0.15) is 11.9 Å². The number of hydrogen-bond donors (Lipinski definition) is 2. The van der Waals surface area contributed by atoms with Gasteiger partial charge in [-0.1, -0.05) is 6.07 Å². The number of rotatable bonds is 11. The molecule has 19 heteroatoms. The summed E-state index contributed by atoms with van der Waals surface area (Å²) in [7, 11) is -3.72. The number of anilines is 4. The van der Waals surface area contributed by atoms with Crippen molar-refractivity contribution in [3.05, 3.63) is 65.4 Å². The van der Waals surface area contributed by atoms with Crippen LogP contribution in [-0.4, -0.2) is 152 Å². The van der Waals surface area contributed by atoms with E-state index in [0.29, 0.717) is 61.3 Å². The molecule has 5 saturated heterocycles. The number of carbonyl (C=O) groups excluding carboxylic acids is 4. The van der Waals surface area contributed by atoms with Crippen LogP contribution < -0.4 is 25.3 Å². The van der Waals surface area contributed by atoms with Gasteiger partial charge in [-0.05, 0) is 119 Å². The Morgan fingerprint density at radius 2 is 1.64 bits per heavy atom. The Kier molecular flexibility index (Phi) is 11.7. The predicted octanol–water partition coefficient (Wildman–Crippen LogP) is 3.75. The lowest BCUT2D eigenvalue weighted by molar-refractivity contribution is -0.193. The van der Waals surface area contributed by atoms with E-state index in [-0.39, 0.29) is 48.6 Å². The maximum Gasteiger partial charge on any atom is 0.255 e. The minimum atomic E-state index is -3.72. The fraction of sp³-hybridized carbons (Fsp3) is 0.600. The Morgan fingerprint density at radius 1 is 0.826 bits per heavy atom. The fourth-order valence-corrected chi connectivity index (χ4v) is 13.8. The summed E-state index contributed by atoms with van der Waals surface area (Å²) in [6, 6.07) is 13.0. The predicted molar refractivity (Wildman–Crippen MR) is 255 cm³/mol. The Balaban J connectivity index is 0.624. The molecule has 4 atom stereocenters. The highest BCUT2D eigenvalue weighted by Gasteiger charge is 2.61. The lowest BCUT2D eigenvalue weighted by Gasteiger charge is -2.49. The average Bonchev–Trinajstić information content (AvgIpc) is 4.04. The minimum Gasteiger partial charge on any atom is -0.369 e. The largest absolute Gasteiger partial charge is 0.369 e. The smallest absolute Gasteiger partial charge is 0.255 e. The number of amides is 4. The number of benzene rings is 2. The van der Waals surface area contributed by atoms with Gasteiger partial charge in [0, 0.05) is 119 Å². The highest BCUT2D eigenvalue weighted by molar-refractivity contribution is 7.89. The maximum absolute atomic E-state index is 14.1. The number of imide groups is 1. The van der Waals surface area contributed by atoms with Crippen molar-refractivity contribution in [1.82, 2.24) is 29.4 Å². The van der Waals surface area contributed by atoms with Gasteiger partial charge in [0.25, 0.3) is 5.91 Å². The molecule has 3 aromatic rings. The van der Waals surface area contributed by atoms with Crippen LogP contribution in [0.2, 0.25) is 0 Å². The minimum absolute atomic E-state index is 0.0129. The number of sulfonamides is 1. The van der Waals surface area contributed by atoms with Crippen molar-refractivity contribution < 1.29 is 37.1 Å². The number of fused-ring (bicyclic) bond motifs is 3. The molecule has 9 aliphatic rings. The lowest BCUT2D eigenvalue weighted by Crippen LogP contribution is -2.63. The zero-order valence-electron chi connectivity index (χ0n) is 39.1. The molecule has 2 unspecified atom stereocenters. The first-order valence-corrected chi connectivity index (χ1v) is 26.8. The first-order chi connectivity index (χ1) is 33.5. The summed E-state index contributed by atoms with van der Waals surface area (Å²) in [5, 5.41) is 5.88. The van der Waals surface area contributed by atoms with Crippen LogP contribution >= 0.6 is 0 Å². The summed E-state index contributed by atoms with van der Waals surface area (Å²) in [6.07, 6.45) is 11.9. The van der Waals surface area contributed by atoms with E-state index in [1.807, 2.05) is 41.4 Å². The molecule has 1 spiro atoms. The Hall–Kier alpha value is -5.21. The van der Waals surface area contributed by atoms with Gasteiger partial charge in [-0.15, -0.1) is 0 Å². The second-order valence-electron chi connectivity index (χ2n) is 20.7. The molecule has 0 bridgehead atoms. The second kappa shape index (κ2) is 17.9. The van der Waals surface area contributed by atoms with Gasteiger partial charge in [0.05, 0.1) is 16.4 Å². The van der Waals surface area contributed by atoms with Crippen molar-refractivity contribution >= 4 is 56.8 Å². The number of piperidine rings is 2. The van der Waals surface area contributed by atoms with Gasteiger partial charge < -0.3 is 29.5 Å². The molecule has 2 saturated carbocycles. The van der Waals surface area contributed by atoms with Gasteiger partial charge in [0.2, 0.25) is 33.7 Å². The third-order valence-electron chi connectivity index (χ3n) is 16.5. The third-order valence-corrected chi connectivity index (χ3v) is 18.4. The van der Waals surface area contributed by atoms with E-state index in [1.54, 1.807) is 15.3 Å². The fourth-order valence-electron chi connectivity index (χ4n) is 12.3. The van der Waals surface area contributed by atoms with Crippen LogP contribution in [0.3, 0.4) is 0 Å². The lowest BCUT2D eigenvalue weighted by atomic mass is 9.91. The monoisotopic (exact) mass is 962 g/mol. The highest BCUT2D eigenvalue weighted by atomic mass is 32.2. The molecule has 2 aromatic carbocycles. The average molecular weight is 963 g/mol. The maximum atomic E-state index is 14.1. The molecule has 12 rings (SSSR count). The first-order valence-electron chi connectivity index (χ1n) is 25.4. The molecule has 8 heterocycles. The zero-order valence-corrected chi connectivity index (χ0v) is 39.9. The van der Waals surface area contributed by atoms with Crippen LogP contribution in [0.5, 0.6) is 0 Å². The summed E-state index contributed by atoms with van der Waals surface area (Å²) >= 11 is 0. The van der Waals surface area contributed by atoms with E-state index in [9.17, 15) is 27.6 Å². The summed E-state index contributed by atoms with van der Waals surface area (Å²) < 4.78 is 42.1. The standard InChI is InChI=1S/C50H62N10O8S/c61-43-13-12-42(46(62)53-43)59-29-32-25-35(10-11-40(32)47(59)63)55-20-22-56(23-21-55)37-30-57(31-37)34-5-4-8-39(27-34)69(65,66)58-18-14-33(15-19-58)52-49-51-28-41-45(54-49)60(48(64)50(41)16-17-50)36-6-3-7-38(26-36)68-44-9-1-2-24-67-44/h4-5,8,10-11,25,27-28,33,36-38,42,44H,1-3,6-7,9,12-24,26,29-31H2,(H,51,52,54)(H,53,61,62)/t36-,38-,42?,44?/m0/s1. The molecule has 7 aliphatic heterocycles. The summed E-state index contributed by atoms with van der Waals surface area (Å²) in [6.45, 7) is 6.95. The van der Waals surface area contributed by atoms with Crippen molar-refractivity contribution in [2.75, 3.05) is 79.0 Å². The second-order valence-corrected chi connectivity index (χ2v) is 22.6. The van der Waals surface area contributed by atoms with Gasteiger partial charge >= 0.3 is 0 Å². The van der Waals surface area contributed by atoms with Crippen LogP contribution in [-0.2, 0) is 45.8 Å². The molecule has 366 valence electrons. The van der Waals surface area contributed by atoms with Gasteiger partial charge in [0.15, 0.2) is 6.29 Å². The summed E-state index contributed by atoms with van der Waals surface area (Å²) in [5.41, 5.74) is 3.93. The van der Waals surface area contributed by atoms with E-state index in [2.05, 4.69) is 31.4 Å². The van der Waals surface area contributed by atoms with Crippen LogP contribution in [0, 0.1) is 0 Å². The summed E-state index contributed by atoms with van der Waals surface area (Å²) in [5.74, 6) is 0.486. The Bertz CT molecular complexity index is 2640. The normalized spacial score (nSPS) is 27.9. The summed E-state index contributed by atoms with van der Waals surface area (Å²) in [4.78, 5) is 72.2. The van der Waals surface area contributed by atoms with Crippen molar-refractivity contribution in [3.63, 3.8) is 0 Å². The molecule has 1 aromatic heterocycles. The van der Waals surface area contributed by atoms with E-state index >= 15 is 0 Å². The number of nitrogens with zero attached hydrogens (tertiary/aromatic N) is 8. The van der Waals surface area contributed by atoms with E-state index in [4.69, 9.17) is 19.4 Å². The molecule has 18 nitrogen and oxygen atoms in total. The number of nitrogens with one attached hydrogen (secondary N) is 2. The molecule has 7 fully saturated rings. The van der Waals surface area contributed by atoms with Gasteiger partial charge in [-0.2, -0.15) is 9.29 Å². The van der Waals surface area contributed by atoms with Crippen molar-refractivity contribution in [1.29, 1.82) is 0 Å². The topological polar surface area (TPSA) is 190 Å². The number of hydrogen-bond acceptors (Lipinski definition) is 14. The Labute approximate surface area is 403 Å². The number of ether oxygens (including phenoxy) is 2. The molecule has 4 amide bonds. The van der Waals surface area contributed by atoms with Crippen molar-refractivity contribution in [3.8, 4) is 0 Å². The molecular formula is C50H62N10O8S. The molecular weight excluding hydrogens is 901 g/mol. The zero-order chi connectivity index (χ0) is 47.0. The first kappa shape index (κ1) is 45.0. The molecule has 2 aliphatic carbocycles. The Morgan fingerprint density at radius 3 is 2.41 bits per heavy atom. The van der Waals surface area contributed by atoms with Crippen LogP contribution in [0.4, 0.5) is 23.1 Å². The molecule has 0 radical (unpaired) electrons. The third kappa shape index (κ3) is 8.34. The van der Waals surface area contributed by atoms with E-state index in [1.165, 1.54) is 0 Å². The van der Waals surface area contributed by atoms with Crippen molar-refractivity contribution in [2.24, 2.45) is 0 Å². The molecule has 69 heavy (non-hydrogen) atoms. The SMILES string of the molecule is O=C1CCC(N2Cc3cc(N4CCN(C5CN(c6cccc(S(=O)(=O)N7CCC(Nc8ncc9c(n8)N([C@H]8CCC[C@H](OC%10CCCCO%10)C8)C(=O)C98CC8)CC7)c6)C5)CC4)ccc3C2=O)C(=O)N1. The van der Waals surface area contributed by atoms with Crippen LogP contribution in [0.15, 0.2) is 53.6 Å². The van der Waals surface area contributed by atoms with Gasteiger partial charge in [-0.3, -0.25) is 34.3 Å². The number of aromatic nitrogens is 2. The van der Waals surface area contributed by atoms with Crippen molar-refractivity contribution in [2.45, 2.75) is 137 Å². The van der Waals surface area contributed by atoms with E-state index < -0.39 is 27.4 Å². The van der Waals surface area contributed by atoms with Crippen LogP contribution in [0.1, 0.15) is 105 Å².